The van der Waals surface area contributed by atoms with Crippen LogP contribution < -0.4 is 5.73 Å². The molecular formula is C19H15N3O5. The van der Waals surface area contributed by atoms with Gasteiger partial charge < -0.3 is 15.0 Å². The predicted molar refractivity (Wildman–Crippen MR) is 96.5 cm³/mol. The van der Waals surface area contributed by atoms with Gasteiger partial charge in [-0.15, -0.1) is 0 Å². The van der Waals surface area contributed by atoms with Crippen molar-refractivity contribution >= 4 is 17.6 Å². The molecule has 2 aromatic carbocycles. The van der Waals surface area contributed by atoms with Crippen LogP contribution in [-0.4, -0.2) is 21.4 Å². The Morgan fingerprint density at radius 2 is 1.67 bits per heavy atom. The van der Waals surface area contributed by atoms with Crippen molar-refractivity contribution in [2.24, 2.45) is 5.73 Å². The lowest BCUT2D eigenvalue weighted by molar-refractivity contribution is -0.385. The van der Waals surface area contributed by atoms with E-state index in [0.717, 1.165) is 11.8 Å². The molecule has 0 spiro atoms. The van der Waals surface area contributed by atoms with E-state index in [9.17, 15) is 19.7 Å². The van der Waals surface area contributed by atoms with Crippen LogP contribution in [-0.2, 0) is 11.3 Å². The van der Waals surface area contributed by atoms with E-state index < -0.39 is 16.8 Å². The first-order valence-electron chi connectivity index (χ1n) is 7.93. The number of nitro benzene ring substituents is 1. The van der Waals surface area contributed by atoms with Crippen molar-refractivity contribution in [3.8, 4) is 5.69 Å². The van der Waals surface area contributed by atoms with Crippen molar-refractivity contribution in [1.29, 1.82) is 0 Å². The molecule has 136 valence electrons. The highest BCUT2D eigenvalue weighted by atomic mass is 16.6. The van der Waals surface area contributed by atoms with Crippen LogP contribution in [0.4, 0.5) is 5.69 Å². The Hall–Kier alpha value is -3.94. The maximum absolute atomic E-state index is 12.2. The van der Waals surface area contributed by atoms with Crippen LogP contribution in [0.2, 0.25) is 0 Å². The number of hydrogen-bond acceptors (Lipinski definition) is 5. The highest BCUT2D eigenvalue weighted by Crippen LogP contribution is 2.22. The monoisotopic (exact) mass is 365 g/mol. The molecule has 0 aliphatic carbocycles. The molecule has 0 aliphatic rings. The van der Waals surface area contributed by atoms with Crippen molar-refractivity contribution in [3.63, 3.8) is 0 Å². The summed E-state index contributed by atoms with van der Waals surface area (Å²) in [5.74, 6) is -1.38. The van der Waals surface area contributed by atoms with Crippen LogP contribution in [0, 0.1) is 10.1 Å². The number of aromatic nitrogens is 1. The molecule has 0 unspecified atom stereocenters. The van der Waals surface area contributed by atoms with Gasteiger partial charge in [-0.25, -0.2) is 4.79 Å². The van der Waals surface area contributed by atoms with Gasteiger partial charge in [0, 0.05) is 29.7 Å². The first-order chi connectivity index (χ1) is 13.0. The average Bonchev–Trinajstić information content (AvgIpc) is 3.20. The molecular weight excluding hydrogens is 350 g/mol. The normalized spacial score (nSPS) is 10.4. The Morgan fingerprint density at radius 1 is 1.04 bits per heavy atom. The van der Waals surface area contributed by atoms with Crippen LogP contribution in [0.25, 0.3) is 5.69 Å². The first kappa shape index (κ1) is 17.9. The number of amides is 1. The van der Waals surface area contributed by atoms with E-state index in [1.165, 1.54) is 12.1 Å². The van der Waals surface area contributed by atoms with Gasteiger partial charge in [0.15, 0.2) is 0 Å². The second kappa shape index (κ2) is 7.52. The highest BCUT2D eigenvalue weighted by Gasteiger charge is 2.18. The number of hydrogen-bond donors (Lipinski definition) is 1. The second-order valence-corrected chi connectivity index (χ2v) is 5.68. The number of nitrogens with two attached hydrogens (primary N) is 1. The van der Waals surface area contributed by atoms with Gasteiger partial charge in [-0.2, -0.15) is 0 Å². The summed E-state index contributed by atoms with van der Waals surface area (Å²) in [6.07, 6.45) is 3.75. The molecule has 3 rings (SSSR count). The molecule has 27 heavy (non-hydrogen) atoms. The molecule has 8 heteroatoms. The van der Waals surface area contributed by atoms with Crippen molar-refractivity contribution in [2.75, 3.05) is 0 Å². The maximum Gasteiger partial charge on any atom is 0.338 e. The molecule has 0 atom stereocenters. The number of rotatable bonds is 6. The number of esters is 1. The fourth-order valence-corrected chi connectivity index (χ4v) is 2.51. The number of nitro groups is 1. The fraction of sp³-hybridized carbons (Fsp3) is 0.0526. The minimum Gasteiger partial charge on any atom is -0.457 e. The zero-order valence-corrected chi connectivity index (χ0v) is 14.1. The summed E-state index contributed by atoms with van der Waals surface area (Å²) in [5.41, 5.74) is 6.18. The zero-order chi connectivity index (χ0) is 19.4. The van der Waals surface area contributed by atoms with Gasteiger partial charge in [-0.3, -0.25) is 14.9 Å². The number of carbonyl (C=O) groups is 2. The number of ether oxygens (including phenoxy) is 1. The van der Waals surface area contributed by atoms with E-state index in [2.05, 4.69) is 0 Å². The third kappa shape index (κ3) is 4.01. The Bertz CT molecular complexity index is 995. The number of benzene rings is 2. The van der Waals surface area contributed by atoms with E-state index in [0.29, 0.717) is 5.56 Å². The lowest BCUT2D eigenvalue weighted by atomic mass is 10.1. The van der Waals surface area contributed by atoms with Gasteiger partial charge in [0.2, 0.25) is 5.91 Å². The summed E-state index contributed by atoms with van der Waals surface area (Å²) < 4.78 is 7.06. The molecule has 0 fully saturated rings. The number of nitrogens with zero attached hydrogens (tertiary/aromatic N) is 2. The fourth-order valence-electron chi connectivity index (χ4n) is 2.51. The van der Waals surface area contributed by atoms with Gasteiger partial charge in [0.25, 0.3) is 5.69 Å². The third-order valence-electron chi connectivity index (χ3n) is 3.93. The SMILES string of the molecule is NC(=O)c1ccc(COC(=O)c2ccc(-n3cccc3)cc2)c([N+](=O)[O-])c1. The predicted octanol–water partition coefficient (Wildman–Crippen LogP) is 2.84. The summed E-state index contributed by atoms with van der Waals surface area (Å²) >= 11 is 0. The summed E-state index contributed by atoms with van der Waals surface area (Å²) in [7, 11) is 0. The molecule has 0 bridgehead atoms. The van der Waals surface area contributed by atoms with Gasteiger partial charge in [-0.1, -0.05) is 0 Å². The van der Waals surface area contributed by atoms with E-state index in [1.807, 2.05) is 29.1 Å². The molecule has 8 nitrogen and oxygen atoms in total. The lowest BCUT2D eigenvalue weighted by Gasteiger charge is -2.08. The van der Waals surface area contributed by atoms with Crippen LogP contribution in [0.1, 0.15) is 26.3 Å². The number of primary amides is 1. The Labute approximate surface area is 153 Å². The number of carbonyl (C=O) groups excluding carboxylic acids is 2. The van der Waals surface area contributed by atoms with E-state index in [4.69, 9.17) is 10.5 Å². The molecule has 0 saturated heterocycles. The Morgan fingerprint density at radius 3 is 2.26 bits per heavy atom. The van der Waals surface area contributed by atoms with Gasteiger partial charge in [0.05, 0.1) is 16.1 Å². The molecule has 1 heterocycles. The minimum absolute atomic E-state index is 0.0115. The molecule has 3 aromatic rings. The van der Waals surface area contributed by atoms with Crippen LogP contribution >= 0.6 is 0 Å². The molecule has 2 N–H and O–H groups in total. The highest BCUT2D eigenvalue weighted by molar-refractivity contribution is 5.93. The molecule has 0 radical (unpaired) electrons. The molecule has 0 aliphatic heterocycles. The second-order valence-electron chi connectivity index (χ2n) is 5.68. The standard InChI is InChI=1S/C19H15N3O5/c20-18(23)14-3-4-15(17(11-14)22(25)26)12-27-19(24)13-5-7-16(8-6-13)21-9-1-2-10-21/h1-11H,12H2,(H2,20,23). The minimum atomic E-state index is -0.774. The maximum atomic E-state index is 12.2. The van der Waals surface area contributed by atoms with Gasteiger partial charge in [0.1, 0.15) is 6.61 Å². The topological polar surface area (TPSA) is 117 Å². The summed E-state index contributed by atoms with van der Waals surface area (Å²) in [5, 5.41) is 11.2. The quantitative estimate of drug-likeness (QED) is 0.409. The van der Waals surface area contributed by atoms with E-state index >= 15 is 0 Å². The smallest absolute Gasteiger partial charge is 0.338 e. The third-order valence-corrected chi connectivity index (χ3v) is 3.93. The lowest BCUT2D eigenvalue weighted by Crippen LogP contribution is -2.12. The first-order valence-corrected chi connectivity index (χ1v) is 7.93. The summed E-state index contributed by atoms with van der Waals surface area (Å²) in [6, 6.07) is 14.3. The van der Waals surface area contributed by atoms with Crippen molar-refractivity contribution < 1.29 is 19.2 Å². The zero-order valence-electron chi connectivity index (χ0n) is 14.1. The van der Waals surface area contributed by atoms with Crippen molar-refractivity contribution in [3.05, 3.63) is 93.8 Å². The Kier molecular flexibility index (Phi) is 4.98. The van der Waals surface area contributed by atoms with Gasteiger partial charge in [-0.05, 0) is 48.5 Å². The molecule has 1 aromatic heterocycles. The van der Waals surface area contributed by atoms with Crippen molar-refractivity contribution in [1.82, 2.24) is 4.57 Å². The summed E-state index contributed by atoms with van der Waals surface area (Å²) in [4.78, 5) is 33.9. The van der Waals surface area contributed by atoms with Crippen molar-refractivity contribution in [2.45, 2.75) is 6.61 Å². The van der Waals surface area contributed by atoms with Crippen LogP contribution in [0.5, 0.6) is 0 Å². The largest absolute Gasteiger partial charge is 0.457 e. The van der Waals surface area contributed by atoms with Crippen LogP contribution in [0.3, 0.4) is 0 Å². The van der Waals surface area contributed by atoms with Crippen LogP contribution in [0.15, 0.2) is 67.0 Å². The molecule has 0 saturated carbocycles. The average molecular weight is 365 g/mol. The Balaban J connectivity index is 1.72. The van der Waals surface area contributed by atoms with E-state index in [-0.39, 0.29) is 23.4 Å². The van der Waals surface area contributed by atoms with E-state index in [1.54, 1.807) is 24.3 Å². The van der Waals surface area contributed by atoms with Gasteiger partial charge >= 0.3 is 5.97 Å². The summed E-state index contributed by atoms with van der Waals surface area (Å²) in [6.45, 7) is -0.298. The molecule has 1 amide bonds.